The fourth-order valence-electron chi connectivity index (χ4n) is 3.01. The summed E-state index contributed by atoms with van der Waals surface area (Å²) in [4.78, 5) is 0. The van der Waals surface area contributed by atoms with Crippen molar-refractivity contribution in [1.29, 1.82) is 0 Å². The first-order chi connectivity index (χ1) is 10.2. The van der Waals surface area contributed by atoms with Crippen molar-refractivity contribution in [2.24, 2.45) is 0 Å². The molecule has 2 heterocycles. The first-order valence-electron chi connectivity index (χ1n) is 7.82. The molecule has 4 heteroatoms. The monoisotopic (exact) mass is 303 g/mol. The molecule has 1 N–H and O–H groups in total. The molecule has 2 aromatic rings. The molecule has 3 rings (SSSR count). The summed E-state index contributed by atoms with van der Waals surface area (Å²) in [5, 5.41) is 9.26. The lowest BCUT2D eigenvalue weighted by molar-refractivity contribution is 0.752. The number of hydrogen-bond acceptors (Lipinski definition) is 2. The summed E-state index contributed by atoms with van der Waals surface area (Å²) < 4.78 is 2.06. The number of benzene rings is 1. The highest BCUT2D eigenvalue weighted by molar-refractivity contribution is 6.31. The minimum absolute atomic E-state index is 0.794. The first-order valence-corrected chi connectivity index (χ1v) is 8.20. The number of aryl methyl sites for hydroxylation is 1. The highest BCUT2D eigenvalue weighted by Gasteiger charge is 2.21. The quantitative estimate of drug-likeness (QED) is 0.902. The summed E-state index contributed by atoms with van der Waals surface area (Å²) in [7, 11) is 0. The third-order valence-corrected chi connectivity index (χ3v) is 4.58. The number of halogens is 1. The van der Waals surface area contributed by atoms with E-state index in [0.29, 0.717) is 0 Å². The number of anilines is 1. The van der Waals surface area contributed by atoms with Gasteiger partial charge in [-0.25, -0.2) is 4.68 Å². The topological polar surface area (TPSA) is 29.9 Å². The number of rotatable bonds is 3. The van der Waals surface area contributed by atoms with Crippen molar-refractivity contribution in [2.45, 2.75) is 46.0 Å². The Morgan fingerprint density at radius 2 is 2.19 bits per heavy atom. The van der Waals surface area contributed by atoms with E-state index in [0.717, 1.165) is 42.1 Å². The van der Waals surface area contributed by atoms with Crippen LogP contribution < -0.4 is 5.32 Å². The van der Waals surface area contributed by atoms with Crippen molar-refractivity contribution in [1.82, 2.24) is 9.78 Å². The van der Waals surface area contributed by atoms with E-state index in [1.165, 1.54) is 29.9 Å². The van der Waals surface area contributed by atoms with Crippen LogP contribution in [0.1, 0.15) is 43.0 Å². The van der Waals surface area contributed by atoms with Gasteiger partial charge in [-0.05, 0) is 50.3 Å². The fraction of sp³-hybridized carbons (Fsp3) is 0.471. The molecular weight excluding hydrogens is 282 g/mol. The maximum Gasteiger partial charge on any atom is 0.133 e. The van der Waals surface area contributed by atoms with E-state index in [4.69, 9.17) is 16.7 Å². The van der Waals surface area contributed by atoms with Gasteiger partial charge in [0.2, 0.25) is 0 Å². The minimum Gasteiger partial charge on any atom is -0.370 e. The van der Waals surface area contributed by atoms with Crippen LogP contribution in [0.5, 0.6) is 0 Å². The Morgan fingerprint density at radius 3 is 3.00 bits per heavy atom. The van der Waals surface area contributed by atoms with E-state index in [2.05, 4.69) is 29.9 Å². The Labute approximate surface area is 131 Å². The number of nitrogens with one attached hydrogen (secondary N) is 1. The van der Waals surface area contributed by atoms with Crippen LogP contribution in [0.3, 0.4) is 0 Å². The largest absolute Gasteiger partial charge is 0.370 e. The molecule has 0 amide bonds. The molecule has 0 fully saturated rings. The molecule has 1 aromatic heterocycles. The summed E-state index contributed by atoms with van der Waals surface area (Å²) in [6, 6.07) is 6.02. The minimum atomic E-state index is 0.794. The molecular formula is C17H22ClN3. The zero-order valence-electron chi connectivity index (χ0n) is 12.7. The summed E-state index contributed by atoms with van der Waals surface area (Å²) in [6.45, 7) is 5.28. The molecule has 0 unspecified atom stereocenters. The molecule has 1 aromatic carbocycles. The Morgan fingerprint density at radius 1 is 1.33 bits per heavy atom. The van der Waals surface area contributed by atoms with Crippen molar-refractivity contribution < 1.29 is 0 Å². The van der Waals surface area contributed by atoms with E-state index < -0.39 is 0 Å². The van der Waals surface area contributed by atoms with Gasteiger partial charge in [0.15, 0.2) is 0 Å². The Kier molecular flexibility index (Phi) is 4.20. The Bertz CT molecular complexity index is 646. The van der Waals surface area contributed by atoms with Crippen LogP contribution in [-0.4, -0.2) is 16.3 Å². The molecule has 21 heavy (non-hydrogen) atoms. The molecule has 0 saturated heterocycles. The van der Waals surface area contributed by atoms with Crippen molar-refractivity contribution in [3.05, 3.63) is 40.0 Å². The van der Waals surface area contributed by atoms with E-state index in [1.54, 1.807) is 0 Å². The van der Waals surface area contributed by atoms with Gasteiger partial charge in [-0.2, -0.15) is 5.10 Å². The van der Waals surface area contributed by atoms with Crippen molar-refractivity contribution in [3.63, 3.8) is 0 Å². The number of hydrogen-bond donors (Lipinski definition) is 1. The highest BCUT2D eigenvalue weighted by Crippen LogP contribution is 2.31. The standard InChI is InChI=1S/C17H22ClN3/c1-3-7-15-13-8-4-5-11-19-17(13)21(20-15)16-10-6-9-14(18)12(16)2/h6,9-10,19H,3-5,7-8,11H2,1-2H3. The van der Waals surface area contributed by atoms with Gasteiger partial charge >= 0.3 is 0 Å². The lowest BCUT2D eigenvalue weighted by atomic mass is 10.1. The van der Waals surface area contributed by atoms with E-state index >= 15 is 0 Å². The maximum absolute atomic E-state index is 6.29. The summed E-state index contributed by atoms with van der Waals surface area (Å²) in [6.07, 6.45) is 5.73. The van der Waals surface area contributed by atoms with E-state index in [1.807, 2.05) is 12.1 Å². The number of fused-ring (bicyclic) bond motifs is 1. The Balaban J connectivity index is 2.16. The zero-order valence-corrected chi connectivity index (χ0v) is 13.5. The summed E-state index contributed by atoms with van der Waals surface area (Å²) in [5.74, 6) is 1.17. The van der Waals surface area contributed by atoms with Crippen LogP contribution in [0.15, 0.2) is 18.2 Å². The first kappa shape index (κ1) is 14.5. The smallest absolute Gasteiger partial charge is 0.133 e. The summed E-state index contributed by atoms with van der Waals surface area (Å²) in [5.41, 5.74) is 4.80. The van der Waals surface area contributed by atoms with Gasteiger partial charge in [0.25, 0.3) is 0 Å². The Hall–Kier alpha value is -1.48. The molecule has 3 nitrogen and oxygen atoms in total. The molecule has 0 aliphatic carbocycles. The predicted octanol–water partition coefficient (Wildman–Crippen LogP) is 4.53. The molecule has 0 saturated carbocycles. The molecule has 1 aliphatic rings. The fourth-order valence-corrected chi connectivity index (χ4v) is 3.18. The van der Waals surface area contributed by atoms with E-state index in [-0.39, 0.29) is 0 Å². The van der Waals surface area contributed by atoms with Gasteiger partial charge in [-0.15, -0.1) is 0 Å². The zero-order chi connectivity index (χ0) is 14.8. The second kappa shape index (κ2) is 6.10. The van der Waals surface area contributed by atoms with Crippen LogP contribution in [0.2, 0.25) is 5.02 Å². The molecule has 0 radical (unpaired) electrons. The SMILES string of the molecule is CCCc1nn(-c2cccc(Cl)c2C)c2c1CCCCN2. The van der Waals surface area contributed by atoms with Gasteiger partial charge in [0.05, 0.1) is 11.4 Å². The average molecular weight is 304 g/mol. The van der Waals surface area contributed by atoms with Crippen LogP contribution in [0, 0.1) is 6.92 Å². The average Bonchev–Trinajstić information content (AvgIpc) is 2.66. The number of nitrogens with zero attached hydrogens (tertiary/aromatic N) is 2. The summed E-state index contributed by atoms with van der Waals surface area (Å²) >= 11 is 6.29. The van der Waals surface area contributed by atoms with Crippen molar-refractivity contribution in [2.75, 3.05) is 11.9 Å². The molecule has 112 valence electrons. The van der Waals surface area contributed by atoms with Gasteiger partial charge in [0.1, 0.15) is 5.82 Å². The second-order valence-corrected chi connectivity index (χ2v) is 6.11. The van der Waals surface area contributed by atoms with Gasteiger partial charge in [0, 0.05) is 17.1 Å². The predicted molar refractivity (Wildman–Crippen MR) is 88.7 cm³/mol. The van der Waals surface area contributed by atoms with Crippen LogP contribution in [-0.2, 0) is 12.8 Å². The second-order valence-electron chi connectivity index (χ2n) is 5.70. The molecule has 0 bridgehead atoms. The molecule has 1 aliphatic heterocycles. The van der Waals surface area contributed by atoms with Crippen LogP contribution in [0.4, 0.5) is 5.82 Å². The highest BCUT2D eigenvalue weighted by atomic mass is 35.5. The molecule has 0 spiro atoms. The van der Waals surface area contributed by atoms with Crippen molar-refractivity contribution in [3.8, 4) is 5.69 Å². The lowest BCUT2D eigenvalue weighted by Crippen LogP contribution is -2.08. The maximum atomic E-state index is 6.29. The van der Waals surface area contributed by atoms with Crippen LogP contribution in [0.25, 0.3) is 5.69 Å². The van der Waals surface area contributed by atoms with Gasteiger partial charge < -0.3 is 5.32 Å². The van der Waals surface area contributed by atoms with E-state index in [9.17, 15) is 0 Å². The molecule has 0 atom stereocenters. The lowest BCUT2D eigenvalue weighted by Gasteiger charge is -2.12. The van der Waals surface area contributed by atoms with Crippen molar-refractivity contribution >= 4 is 17.4 Å². The third kappa shape index (κ3) is 2.67. The van der Waals surface area contributed by atoms with Gasteiger partial charge in [-0.3, -0.25) is 0 Å². The normalized spacial score (nSPS) is 14.4. The van der Waals surface area contributed by atoms with Gasteiger partial charge in [-0.1, -0.05) is 31.0 Å². The van der Waals surface area contributed by atoms with Crippen LogP contribution >= 0.6 is 11.6 Å². The third-order valence-electron chi connectivity index (χ3n) is 4.17. The number of aromatic nitrogens is 2.